The molecule has 0 spiro atoms. The van der Waals surface area contributed by atoms with E-state index < -0.39 is 0 Å². The van der Waals surface area contributed by atoms with Gasteiger partial charge in [-0.3, -0.25) is 0 Å². The van der Waals surface area contributed by atoms with Gasteiger partial charge in [0, 0.05) is 45.1 Å². The smallest absolute Gasteiger partial charge is 0.00470 e. The number of imidazole rings is 1. The quantitative estimate of drug-likeness (QED) is 0.646. The standard InChI is InChI=1S/C7H11N2.Y/c1-6(2)9-4-7(3)8-5-9;/h4,6H,1-3H3;/q-1;. The minimum absolute atomic E-state index is 0. The van der Waals surface area contributed by atoms with Gasteiger partial charge in [-0.15, -0.1) is 11.9 Å². The van der Waals surface area contributed by atoms with E-state index >= 15 is 0 Å². The third-order valence-corrected chi connectivity index (χ3v) is 1.22. The average Bonchev–Trinajstić information content (AvgIpc) is 2.14. The summed E-state index contributed by atoms with van der Waals surface area (Å²) in [7, 11) is 0. The fourth-order valence-electron chi connectivity index (χ4n) is 0.660. The molecular weight excluding hydrogens is 201 g/mol. The van der Waals surface area contributed by atoms with Gasteiger partial charge in [-0.25, -0.2) is 0 Å². The molecule has 0 amide bonds. The molecule has 0 aliphatic rings. The Morgan fingerprint density at radius 2 is 2.20 bits per heavy atom. The minimum atomic E-state index is 0. The van der Waals surface area contributed by atoms with Gasteiger partial charge >= 0.3 is 0 Å². The van der Waals surface area contributed by atoms with E-state index in [0.29, 0.717) is 6.04 Å². The third-order valence-electron chi connectivity index (χ3n) is 1.22. The van der Waals surface area contributed by atoms with Gasteiger partial charge < -0.3 is 9.55 Å². The Balaban J connectivity index is 0.000000810. The second kappa shape index (κ2) is 4.25. The van der Waals surface area contributed by atoms with Crippen molar-refractivity contribution in [2.75, 3.05) is 0 Å². The molecule has 1 radical (unpaired) electrons. The van der Waals surface area contributed by atoms with Gasteiger partial charge in [-0.2, -0.15) is 0 Å². The van der Waals surface area contributed by atoms with Crippen molar-refractivity contribution in [2.45, 2.75) is 26.8 Å². The van der Waals surface area contributed by atoms with Crippen LogP contribution in [-0.2, 0) is 32.7 Å². The number of aromatic nitrogens is 2. The first kappa shape index (κ1) is 10.3. The summed E-state index contributed by atoms with van der Waals surface area (Å²) in [6.07, 6.45) is 4.86. The minimum Gasteiger partial charge on any atom is -0.452 e. The van der Waals surface area contributed by atoms with Crippen LogP contribution in [0.15, 0.2) is 6.20 Å². The summed E-state index contributed by atoms with van der Waals surface area (Å²) in [6, 6.07) is 0.478. The first-order chi connectivity index (χ1) is 4.20. The van der Waals surface area contributed by atoms with Gasteiger partial charge in [-0.1, -0.05) is 6.92 Å². The van der Waals surface area contributed by atoms with Gasteiger partial charge in [-0.05, 0) is 13.8 Å². The zero-order chi connectivity index (χ0) is 6.85. The molecule has 3 heteroatoms. The number of nitrogens with zero attached hydrogens (tertiary/aromatic N) is 2. The Bertz CT molecular complexity index is 193. The van der Waals surface area contributed by atoms with E-state index in [1.807, 2.05) is 17.7 Å². The monoisotopic (exact) mass is 212 g/mol. The van der Waals surface area contributed by atoms with E-state index in [2.05, 4.69) is 25.2 Å². The maximum absolute atomic E-state index is 3.98. The van der Waals surface area contributed by atoms with Crippen LogP contribution in [0.2, 0.25) is 0 Å². The van der Waals surface area contributed by atoms with Crippen LogP contribution in [0.3, 0.4) is 0 Å². The van der Waals surface area contributed by atoms with Crippen LogP contribution in [0, 0.1) is 13.3 Å². The molecule has 0 aromatic carbocycles. The van der Waals surface area contributed by atoms with Gasteiger partial charge in [0.1, 0.15) is 0 Å². The SMILES string of the molecule is Cc1cn(C(C)C)[c-]n1.[Y]. The van der Waals surface area contributed by atoms with Crippen LogP contribution in [0.4, 0.5) is 0 Å². The van der Waals surface area contributed by atoms with E-state index in [1.165, 1.54) is 0 Å². The molecule has 1 heterocycles. The van der Waals surface area contributed by atoms with E-state index in [9.17, 15) is 0 Å². The Kier molecular flexibility index (Phi) is 4.38. The Morgan fingerprint density at radius 3 is 2.40 bits per heavy atom. The normalized spacial score (nSPS) is 9.60. The van der Waals surface area contributed by atoms with Crippen LogP contribution < -0.4 is 0 Å². The molecule has 0 bridgehead atoms. The van der Waals surface area contributed by atoms with Crippen molar-refractivity contribution in [1.82, 2.24) is 9.55 Å². The summed E-state index contributed by atoms with van der Waals surface area (Å²) in [5.74, 6) is 0. The molecule has 0 N–H and O–H groups in total. The number of rotatable bonds is 1. The van der Waals surface area contributed by atoms with E-state index in [1.54, 1.807) is 0 Å². The summed E-state index contributed by atoms with van der Waals surface area (Å²) >= 11 is 0. The van der Waals surface area contributed by atoms with Crippen LogP contribution in [0.25, 0.3) is 0 Å². The van der Waals surface area contributed by atoms with Crippen LogP contribution >= 0.6 is 0 Å². The second-order valence-corrected chi connectivity index (χ2v) is 2.48. The van der Waals surface area contributed by atoms with Crippen LogP contribution in [-0.4, -0.2) is 9.55 Å². The summed E-state index contributed by atoms with van der Waals surface area (Å²) in [5.41, 5.74) is 1.03. The van der Waals surface area contributed by atoms with Gasteiger partial charge in [0.25, 0.3) is 0 Å². The molecule has 0 saturated carbocycles. The van der Waals surface area contributed by atoms with Crippen molar-refractivity contribution in [3.8, 4) is 0 Å². The Hall–Kier alpha value is 0.314. The molecule has 1 rings (SSSR count). The summed E-state index contributed by atoms with van der Waals surface area (Å²) in [5, 5.41) is 0. The molecule has 0 unspecified atom stereocenters. The fraction of sp³-hybridized carbons (Fsp3) is 0.571. The van der Waals surface area contributed by atoms with Crippen molar-refractivity contribution >= 4 is 0 Å². The van der Waals surface area contributed by atoms with E-state index in [4.69, 9.17) is 0 Å². The van der Waals surface area contributed by atoms with Crippen molar-refractivity contribution in [3.63, 3.8) is 0 Å². The number of hydrogen-bond acceptors (Lipinski definition) is 1. The number of aryl methyl sites for hydroxylation is 1. The molecule has 1 aromatic rings. The first-order valence-electron chi connectivity index (χ1n) is 3.13. The molecule has 0 atom stereocenters. The zero-order valence-corrected chi connectivity index (χ0v) is 9.46. The Morgan fingerprint density at radius 1 is 1.60 bits per heavy atom. The van der Waals surface area contributed by atoms with Crippen LogP contribution in [0.5, 0.6) is 0 Å². The topological polar surface area (TPSA) is 17.8 Å². The molecular formula is C7H11N2Y-. The van der Waals surface area contributed by atoms with Crippen molar-refractivity contribution in [1.29, 1.82) is 0 Å². The predicted octanol–water partition coefficient (Wildman–Crippen LogP) is 1.57. The molecule has 0 fully saturated rings. The molecule has 2 nitrogen and oxygen atoms in total. The van der Waals surface area contributed by atoms with Crippen molar-refractivity contribution in [3.05, 3.63) is 18.2 Å². The molecule has 10 heavy (non-hydrogen) atoms. The van der Waals surface area contributed by atoms with E-state index in [0.717, 1.165) is 5.69 Å². The number of hydrogen-bond donors (Lipinski definition) is 0. The molecule has 0 saturated heterocycles. The summed E-state index contributed by atoms with van der Waals surface area (Å²) in [4.78, 5) is 3.98. The third kappa shape index (κ3) is 2.51. The Labute approximate surface area is 86.9 Å². The van der Waals surface area contributed by atoms with Crippen molar-refractivity contribution < 1.29 is 32.7 Å². The predicted molar refractivity (Wildman–Crippen MR) is 36.2 cm³/mol. The van der Waals surface area contributed by atoms with Crippen molar-refractivity contribution in [2.24, 2.45) is 0 Å². The maximum atomic E-state index is 3.98. The first-order valence-corrected chi connectivity index (χ1v) is 3.13. The van der Waals surface area contributed by atoms with Gasteiger partial charge in [0.2, 0.25) is 0 Å². The summed E-state index contributed by atoms with van der Waals surface area (Å²) in [6.45, 7) is 6.19. The molecule has 53 valence electrons. The zero-order valence-electron chi connectivity index (χ0n) is 6.63. The second-order valence-electron chi connectivity index (χ2n) is 2.48. The van der Waals surface area contributed by atoms with Gasteiger partial charge in [0.15, 0.2) is 0 Å². The average molecular weight is 212 g/mol. The molecule has 0 aliphatic carbocycles. The maximum Gasteiger partial charge on any atom is 0.00470 e. The molecule has 1 aromatic heterocycles. The van der Waals surface area contributed by atoms with E-state index in [-0.39, 0.29) is 32.7 Å². The fourth-order valence-corrected chi connectivity index (χ4v) is 0.660. The summed E-state index contributed by atoms with van der Waals surface area (Å²) < 4.78 is 1.97. The molecule has 0 aliphatic heterocycles. The van der Waals surface area contributed by atoms with Crippen LogP contribution in [0.1, 0.15) is 25.6 Å². The van der Waals surface area contributed by atoms with Gasteiger partial charge in [0.05, 0.1) is 0 Å². The largest absolute Gasteiger partial charge is 0.452 e.